The van der Waals surface area contributed by atoms with Gasteiger partial charge in [0, 0.05) is 39.3 Å². The summed E-state index contributed by atoms with van der Waals surface area (Å²) in [5, 5.41) is 8.60. The Morgan fingerprint density at radius 2 is 1.59 bits per heavy atom. The Morgan fingerprint density at radius 1 is 1.00 bits per heavy atom. The maximum absolute atomic E-state index is 8.60. The largest absolute Gasteiger partial charge is 0.394 e. The number of nitrogens with zero attached hydrogens (tertiary/aromatic N) is 2. The number of aliphatic hydroxyl groups excluding tert-OH is 1. The van der Waals surface area contributed by atoms with Crippen LogP contribution in [0.2, 0.25) is 0 Å². The molecule has 0 amide bonds. The average Bonchev–Trinajstić information content (AvgIpc) is 2.25. The van der Waals surface area contributed by atoms with E-state index in [-0.39, 0.29) is 6.61 Å². The molecule has 0 unspecified atom stereocenters. The summed E-state index contributed by atoms with van der Waals surface area (Å²) in [6.45, 7) is 15.0. The summed E-state index contributed by atoms with van der Waals surface area (Å²) in [5.41, 5.74) is 0.395. The van der Waals surface area contributed by atoms with Gasteiger partial charge < -0.3 is 14.7 Å². The molecule has 1 rings (SSSR count). The summed E-state index contributed by atoms with van der Waals surface area (Å²) in [6, 6.07) is 0. The van der Waals surface area contributed by atoms with Crippen molar-refractivity contribution in [3.8, 4) is 0 Å². The first-order chi connectivity index (χ1) is 8.01. The van der Waals surface area contributed by atoms with Gasteiger partial charge in [0.1, 0.15) is 0 Å². The lowest BCUT2D eigenvalue weighted by Crippen LogP contribution is -2.49. The first kappa shape index (κ1) is 14.9. The zero-order valence-electron chi connectivity index (χ0n) is 11.6. The Hall–Kier alpha value is -0.160. The molecule has 102 valence electrons. The third kappa shape index (κ3) is 6.99. The molecule has 0 aromatic rings. The highest BCUT2D eigenvalue weighted by atomic mass is 16.5. The topological polar surface area (TPSA) is 35.9 Å². The normalized spacial score (nSPS) is 19.8. The van der Waals surface area contributed by atoms with Gasteiger partial charge in [-0.3, -0.25) is 4.90 Å². The van der Waals surface area contributed by atoms with Crippen LogP contribution >= 0.6 is 0 Å². The summed E-state index contributed by atoms with van der Waals surface area (Å²) < 4.78 is 5.29. The van der Waals surface area contributed by atoms with Gasteiger partial charge in [-0.15, -0.1) is 0 Å². The van der Waals surface area contributed by atoms with Crippen LogP contribution in [0.5, 0.6) is 0 Å². The smallest absolute Gasteiger partial charge is 0.0698 e. The molecule has 4 nitrogen and oxygen atoms in total. The quantitative estimate of drug-likeness (QED) is 0.696. The first-order valence-electron chi connectivity index (χ1n) is 6.64. The lowest BCUT2D eigenvalue weighted by atomic mass is 9.96. The number of hydrogen-bond donors (Lipinski definition) is 1. The summed E-state index contributed by atoms with van der Waals surface area (Å²) in [6.07, 6.45) is 0. The second-order valence-corrected chi connectivity index (χ2v) is 6.01. The predicted molar refractivity (Wildman–Crippen MR) is 70.2 cm³/mol. The van der Waals surface area contributed by atoms with E-state index in [1.54, 1.807) is 0 Å². The van der Waals surface area contributed by atoms with Crippen LogP contribution in [0, 0.1) is 5.41 Å². The van der Waals surface area contributed by atoms with Crippen molar-refractivity contribution >= 4 is 0 Å². The molecular weight excluding hydrogens is 216 g/mol. The van der Waals surface area contributed by atoms with Gasteiger partial charge in [0.15, 0.2) is 0 Å². The molecule has 0 aliphatic carbocycles. The fourth-order valence-electron chi connectivity index (χ4n) is 2.20. The molecular formula is C13H28N2O2. The van der Waals surface area contributed by atoms with Crippen LogP contribution in [-0.4, -0.2) is 74.0 Å². The highest BCUT2D eigenvalue weighted by molar-refractivity contribution is 4.76. The number of hydrogen-bond acceptors (Lipinski definition) is 4. The number of aliphatic hydroxyl groups is 1. The molecule has 1 N–H and O–H groups in total. The van der Waals surface area contributed by atoms with Gasteiger partial charge >= 0.3 is 0 Å². The number of piperazine rings is 1. The van der Waals surface area contributed by atoms with Gasteiger partial charge in [-0.2, -0.15) is 0 Å². The molecule has 1 aliphatic rings. The van der Waals surface area contributed by atoms with Crippen molar-refractivity contribution in [3.63, 3.8) is 0 Å². The Balaban J connectivity index is 2.09. The standard InChI is InChI=1S/C13H28N2O2/c1-13(2,3)12-15-6-4-14(5-7-15)8-10-17-11-9-16/h16H,4-12H2,1-3H3. The Labute approximate surface area is 106 Å². The highest BCUT2D eigenvalue weighted by Crippen LogP contribution is 2.16. The Kier molecular flexibility index (Phi) is 6.41. The number of rotatable bonds is 6. The van der Waals surface area contributed by atoms with Crippen molar-refractivity contribution in [1.82, 2.24) is 9.80 Å². The van der Waals surface area contributed by atoms with Gasteiger partial charge in [-0.1, -0.05) is 20.8 Å². The summed E-state index contributed by atoms with van der Waals surface area (Å²) >= 11 is 0. The van der Waals surface area contributed by atoms with Gasteiger partial charge in [0.25, 0.3) is 0 Å². The highest BCUT2D eigenvalue weighted by Gasteiger charge is 2.21. The molecule has 0 aromatic heterocycles. The van der Waals surface area contributed by atoms with E-state index in [0.29, 0.717) is 12.0 Å². The molecule has 1 heterocycles. The van der Waals surface area contributed by atoms with Crippen LogP contribution < -0.4 is 0 Å². The van der Waals surface area contributed by atoms with Crippen LogP contribution in [0.15, 0.2) is 0 Å². The van der Waals surface area contributed by atoms with E-state index in [4.69, 9.17) is 9.84 Å². The molecule has 0 spiro atoms. The molecule has 0 saturated carbocycles. The SMILES string of the molecule is CC(C)(C)CN1CCN(CCOCCO)CC1. The monoisotopic (exact) mass is 244 g/mol. The van der Waals surface area contributed by atoms with Crippen molar-refractivity contribution in [2.75, 3.05) is 59.1 Å². The molecule has 1 saturated heterocycles. The zero-order valence-corrected chi connectivity index (χ0v) is 11.6. The van der Waals surface area contributed by atoms with E-state index in [1.165, 1.54) is 6.54 Å². The van der Waals surface area contributed by atoms with Crippen LogP contribution in [0.25, 0.3) is 0 Å². The van der Waals surface area contributed by atoms with Crippen LogP contribution in [0.4, 0.5) is 0 Å². The van der Waals surface area contributed by atoms with Crippen molar-refractivity contribution in [2.24, 2.45) is 5.41 Å². The summed E-state index contributed by atoms with van der Waals surface area (Å²) in [7, 11) is 0. The maximum Gasteiger partial charge on any atom is 0.0698 e. The number of ether oxygens (including phenoxy) is 1. The molecule has 0 atom stereocenters. The van der Waals surface area contributed by atoms with E-state index >= 15 is 0 Å². The minimum absolute atomic E-state index is 0.124. The minimum Gasteiger partial charge on any atom is -0.394 e. The average molecular weight is 244 g/mol. The second kappa shape index (κ2) is 7.31. The van der Waals surface area contributed by atoms with Crippen molar-refractivity contribution in [1.29, 1.82) is 0 Å². The van der Waals surface area contributed by atoms with E-state index in [2.05, 4.69) is 30.6 Å². The van der Waals surface area contributed by atoms with Gasteiger partial charge in [-0.25, -0.2) is 0 Å². The third-order valence-electron chi connectivity index (χ3n) is 2.95. The van der Waals surface area contributed by atoms with E-state index in [1.807, 2.05) is 0 Å². The first-order valence-corrected chi connectivity index (χ1v) is 6.64. The Bertz CT molecular complexity index is 196. The fraction of sp³-hybridized carbons (Fsp3) is 1.00. The van der Waals surface area contributed by atoms with Gasteiger partial charge in [-0.05, 0) is 5.41 Å². The van der Waals surface area contributed by atoms with Gasteiger partial charge in [0.05, 0.1) is 19.8 Å². The van der Waals surface area contributed by atoms with Crippen molar-refractivity contribution < 1.29 is 9.84 Å². The molecule has 4 heteroatoms. The molecule has 17 heavy (non-hydrogen) atoms. The summed E-state index contributed by atoms with van der Waals surface area (Å²) in [5.74, 6) is 0. The van der Waals surface area contributed by atoms with Gasteiger partial charge in [0.2, 0.25) is 0 Å². The second-order valence-electron chi connectivity index (χ2n) is 6.01. The molecule has 1 aliphatic heterocycles. The van der Waals surface area contributed by atoms with Crippen LogP contribution in [-0.2, 0) is 4.74 Å². The van der Waals surface area contributed by atoms with Crippen LogP contribution in [0.3, 0.4) is 0 Å². The molecule has 1 fully saturated rings. The zero-order chi connectivity index (χ0) is 12.7. The van der Waals surface area contributed by atoms with Crippen LogP contribution in [0.1, 0.15) is 20.8 Å². The maximum atomic E-state index is 8.60. The van der Waals surface area contributed by atoms with E-state index in [9.17, 15) is 0 Å². The molecule has 0 bridgehead atoms. The fourth-order valence-corrected chi connectivity index (χ4v) is 2.20. The molecule has 0 radical (unpaired) electrons. The third-order valence-corrected chi connectivity index (χ3v) is 2.95. The lowest BCUT2D eigenvalue weighted by Gasteiger charge is -2.37. The van der Waals surface area contributed by atoms with Crippen molar-refractivity contribution in [2.45, 2.75) is 20.8 Å². The predicted octanol–water partition coefficient (Wildman–Crippen LogP) is 0.659. The lowest BCUT2D eigenvalue weighted by molar-refractivity contribution is 0.0515. The Morgan fingerprint density at radius 3 is 2.12 bits per heavy atom. The minimum atomic E-state index is 0.124. The van der Waals surface area contributed by atoms with Crippen molar-refractivity contribution in [3.05, 3.63) is 0 Å². The van der Waals surface area contributed by atoms with E-state index in [0.717, 1.165) is 39.3 Å². The summed E-state index contributed by atoms with van der Waals surface area (Å²) in [4.78, 5) is 4.99. The van der Waals surface area contributed by atoms with E-state index < -0.39 is 0 Å². The molecule has 0 aromatic carbocycles.